The summed E-state index contributed by atoms with van der Waals surface area (Å²) in [5.41, 5.74) is 1.03. The fourth-order valence-corrected chi connectivity index (χ4v) is 1.32. The van der Waals surface area contributed by atoms with Gasteiger partial charge in [0.2, 0.25) is 0 Å². The van der Waals surface area contributed by atoms with E-state index in [4.69, 9.17) is 14.6 Å². The first-order valence-electron chi connectivity index (χ1n) is 6.04. The number of ether oxygens (including phenoxy) is 1. The summed E-state index contributed by atoms with van der Waals surface area (Å²) in [6, 6.07) is 9.64. The van der Waals surface area contributed by atoms with Gasteiger partial charge in [-0.1, -0.05) is 30.3 Å². The first-order valence-corrected chi connectivity index (χ1v) is 6.04. The Morgan fingerprint density at radius 1 is 1.29 bits per heavy atom. The van der Waals surface area contributed by atoms with Crippen LogP contribution in [0.25, 0.3) is 0 Å². The number of carbonyl (C=O) groups excluding carboxylic acids is 1. The van der Waals surface area contributed by atoms with Gasteiger partial charge < -0.3 is 15.2 Å². The van der Waals surface area contributed by atoms with Crippen LogP contribution in [0.1, 0.15) is 12.0 Å². The number of hydrogen-bond donors (Lipinski definition) is 2. The molecule has 0 spiro atoms. The van der Waals surface area contributed by atoms with Crippen molar-refractivity contribution in [2.75, 3.05) is 6.54 Å². The van der Waals surface area contributed by atoms with Crippen LogP contribution in [-0.2, 0) is 20.9 Å². The highest BCUT2D eigenvalue weighted by Gasteiger charge is 2.38. The van der Waals surface area contributed by atoms with E-state index in [1.165, 1.54) is 0 Å². The van der Waals surface area contributed by atoms with E-state index >= 15 is 0 Å². The quantitative estimate of drug-likeness (QED) is 0.832. The number of nitrogens with one attached hydrogen (secondary N) is 1. The van der Waals surface area contributed by atoms with E-state index in [1.807, 2.05) is 30.3 Å². The minimum absolute atomic E-state index is 0.0706. The normalized spacial score (nSPS) is 17.0. The largest absolute Gasteiger partial charge is 0.490 e. The van der Waals surface area contributed by atoms with Crippen molar-refractivity contribution in [1.29, 1.82) is 0 Å². The van der Waals surface area contributed by atoms with Crippen molar-refractivity contribution in [3.63, 3.8) is 0 Å². The highest BCUT2D eigenvalue weighted by molar-refractivity contribution is 5.76. The summed E-state index contributed by atoms with van der Waals surface area (Å²) in [7, 11) is 0. The highest BCUT2D eigenvalue weighted by atomic mass is 19.4. The molecule has 0 radical (unpaired) electrons. The molecule has 21 heavy (non-hydrogen) atoms. The number of alkyl halides is 3. The zero-order chi connectivity index (χ0) is 15.9. The van der Waals surface area contributed by atoms with Gasteiger partial charge in [0, 0.05) is 0 Å². The molecule has 1 aromatic carbocycles. The molecule has 0 bridgehead atoms. The van der Waals surface area contributed by atoms with Gasteiger partial charge in [0.1, 0.15) is 12.6 Å². The predicted molar refractivity (Wildman–Crippen MR) is 66.3 cm³/mol. The van der Waals surface area contributed by atoms with Crippen LogP contribution in [-0.4, -0.2) is 35.8 Å². The van der Waals surface area contributed by atoms with Crippen LogP contribution >= 0.6 is 0 Å². The molecule has 1 saturated heterocycles. The standard InChI is InChI=1S/C11H13NO2.C2HF3O2/c13-11(10-6-7-12-10)14-8-9-4-2-1-3-5-9;3-2(4,5)1(6)7/h1-5,10,12H,6-8H2;(H,6,7)/t10-;/m1./s1. The first kappa shape index (κ1) is 17.0. The number of halogens is 3. The van der Waals surface area contributed by atoms with Crippen molar-refractivity contribution in [3.05, 3.63) is 35.9 Å². The number of esters is 1. The maximum atomic E-state index is 11.3. The third-order valence-electron chi connectivity index (χ3n) is 2.57. The summed E-state index contributed by atoms with van der Waals surface area (Å²) < 4.78 is 36.9. The smallest absolute Gasteiger partial charge is 0.475 e. The van der Waals surface area contributed by atoms with Gasteiger partial charge in [0.15, 0.2) is 0 Å². The van der Waals surface area contributed by atoms with Gasteiger partial charge in [-0.15, -0.1) is 0 Å². The average molecular weight is 305 g/mol. The van der Waals surface area contributed by atoms with Gasteiger partial charge in [-0.2, -0.15) is 13.2 Å². The molecule has 1 fully saturated rings. The minimum Gasteiger partial charge on any atom is -0.475 e. The Morgan fingerprint density at radius 3 is 2.19 bits per heavy atom. The zero-order valence-corrected chi connectivity index (χ0v) is 10.9. The van der Waals surface area contributed by atoms with Crippen LogP contribution in [0, 0.1) is 0 Å². The Kier molecular flexibility index (Phi) is 6.16. The molecule has 2 rings (SSSR count). The number of benzene rings is 1. The summed E-state index contributed by atoms with van der Waals surface area (Å²) in [5.74, 6) is -2.90. The lowest BCUT2D eigenvalue weighted by atomic mass is 10.1. The third-order valence-corrected chi connectivity index (χ3v) is 2.57. The summed E-state index contributed by atoms with van der Waals surface area (Å²) >= 11 is 0. The number of aliphatic carboxylic acids is 1. The summed E-state index contributed by atoms with van der Waals surface area (Å²) in [4.78, 5) is 20.2. The molecule has 2 N–H and O–H groups in total. The SMILES string of the molecule is O=C(O)C(F)(F)F.O=C(OCc1ccccc1)[C@H]1CCN1. The van der Waals surface area contributed by atoms with Crippen LogP contribution in [0.3, 0.4) is 0 Å². The summed E-state index contributed by atoms with van der Waals surface area (Å²) in [5, 5.41) is 10.1. The van der Waals surface area contributed by atoms with Crippen LogP contribution in [0.15, 0.2) is 30.3 Å². The van der Waals surface area contributed by atoms with Crippen molar-refractivity contribution in [2.24, 2.45) is 0 Å². The maximum absolute atomic E-state index is 11.3. The zero-order valence-electron chi connectivity index (χ0n) is 10.9. The van der Waals surface area contributed by atoms with E-state index in [-0.39, 0.29) is 12.0 Å². The molecule has 1 heterocycles. The van der Waals surface area contributed by atoms with E-state index in [2.05, 4.69) is 5.32 Å². The van der Waals surface area contributed by atoms with Crippen molar-refractivity contribution >= 4 is 11.9 Å². The molecule has 5 nitrogen and oxygen atoms in total. The Balaban J connectivity index is 0.000000270. The van der Waals surface area contributed by atoms with E-state index < -0.39 is 12.1 Å². The van der Waals surface area contributed by atoms with Gasteiger partial charge in [0.05, 0.1) is 0 Å². The second-order valence-corrected chi connectivity index (χ2v) is 4.19. The Bertz CT molecular complexity index is 472. The van der Waals surface area contributed by atoms with Gasteiger partial charge in [-0.25, -0.2) is 4.79 Å². The second kappa shape index (κ2) is 7.63. The molecule has 1 atom stereocenters. The highest BCUT2D eigenvalue weighted by Crippen LogP contribution is 2.13. The molecule has 0 unspecified atom stereocenters. The van der Waals surface area contributed by atoms with Crippen LogP contribution in [0.5, 0.6) is 0 Å². The molecule has 1 aliphatic heterocycles. The summed E-state index contributed by atoms with van der Waals surface area (Å²) in [6.07, 6.45) is -4.19. The third kappa shape index (κ3) is 6.26. The van der Waals surface area contributed by atoms with Gasteiger partial charge in [0.25, 0.3) is 0 Å². The Hall–Kier alpha value is -2.09. The fraction of sp³-hybridized carbons (Fsp3) is 0.385. The minimum atomic E-state index is -5.08. The average Bonchev–Trinajstić information content (AvgIpc) is 2.35. The Labute approximate surface area is 118 Å². The molecule has 1 aliphatic rings. The Morgan fingerprint density at radius 2 is 1.81 bits per heavy atom. The van der Waals surface area contributed by atoms with Crippen molar-refractivity contribution < 1.29 is 32.6 Å². The lowest BCUT2D eigenvalue weighted by Crippen LogP contribution is -2.49. The van der Waals surface area contributed by atoms with E-state index in [1.54, 1.807) is 0 Å². The lowest BCUT2D eigenvalue weighted by molar-refractivity contribution is -0.192. The lowest BCUT2D eigenvalue weighted by Gasteiger charge is -2.25. The molecule has 0 saturated carbocycles. The van der Waals surface area contributed by atoms with Gasteiger partial charge in [-0.3, -0.25) is 4.79 Å². The number of carbonyl (C=O) groups is 2. The number of carboxylic acids is 1. The van der Waals surface area contributed by atoms with E-state index in [0.717, 1.165) is 18.5 Å². The predicted octanol–water partition coefficient (Wildman–Crippen LogP) is 1.72. The van der Waals surface area contributed by atoms with Crippen LogP contribution in [0.2, 0.25) is 0 Å². The molecule has 8 heteroatoms. The maximum Gasteiger partial charge on any atom is 0.490 e. The fourth-order valence-electron chi connectivity index (χ4n) is 1.32. The van der Waals surface area contributed by atoms with Crippen molar-refractivity contribution in [2.45, 2.75) is 25.2 Å². The number of carboxylic acid groups (broad SMARTS) is 1. The van der Waals surface area contributed by atoms with Gasteiger partial charge >= 0.3 is 18.1 Å². The van der Waals surface area contributed by atoms with Crippen molar-refractivity contribution in [3.8, 4) is 0 Å². The van der Waals surface area contributed by atoms with Gasteiger partial charge in [-0.05, 0) is 18.5 Å². The van der Waals surface area contributed by atoms with Crippen molar-refractivity contribution in [1.82, 2.24) is 5.32 Å². The number of hydrogen-bond acceptors (Lipinski definition) is 4. The topological polar surface area (TPSA) is 75.6 Å². The molecule has 1 aromatic rings. The van der Waals surface area contributed by atoms with Crippen LogP contribution in [0.4, 0.5) is 13.2 Å². The van der Waals surface area contributed by atoms with E-state index in [0.29, 0.717) is 6.61 Å². The molecule has 0 amide bonds. The molecular weight excluding hydrogens is 291 g/mol. The molecule has 116 valence electrons. The monoisotopic (exact) mass is 305 g/mol. The summed E-state index contributed by atoms with van der Waals surface area (Å²) in [6.45, 7) is 1.29. The molecule has 0 aromatic heterocycles. The van der Waals surface area contributed by atoms with Crippen LogP contribution < -0.4 is 5.32 Å². The first-order chi connectivity index (χ1) is 9.80. The number of rotatable bonds is 3. The molecule has 0 aliphatic carbocycles. The second-order valence-electron chi connectivity index (χ2n) is 4.19. The molecular formula is C13H14F3NO4. The van der Waals surface area contributed by atoms with E-state index in [9.17, 15) is 18.0 Å².